The van der Waals surface area contributed by atoms with E-state index in [1.54, 1.807) is 31.3 Å². The van der Waals surface area contributed by atoms with Crippen LogP contribution in [0.4, 0.5) is 5.69 Å². The molecule has 1 amide bonds. The van der Waals surface area contributed by atoms with Crippen molar-refractivity contribution in [1.29, 1.82) is 0 Å². The van der Waals surface area contributed by atoms with Gasteiger partial charge in [0.05, 0.1) is 10.6 Å². The largest absolute Gasteiger partial charge is 0.325 e. The van der Waals surface area contributed by atoms with E-state index >= 15 is 0 Å². The van der Waals surface area contributed by atoms with E-state index in [1.807, 2.05) is 0 Å². The van der Waals surface area contributed by atoms with Gasteiger partial charge in [0.2, 0.25) is 15.9 Å². The molecular weight excluding hydrogens is 458 g/mol. The van der Waals surface area contributed by atoms with E-state index in [9.17, 15) is 13.2 Å². The number of carbonyl (C=O) groups excluding carboxylic acids is 1. The van der Waals surface area contributed by atoms with Gasteiger partial charge in [0.25, 0.3) is 0 Å². The molecule has 1 heterocycles. The summed E-state index contributed by atoms with van der Waals surface area (Å²) in [6, 6.07) is 7.01. The third kappa shape index (κ3) is 5.12. The summed E-state index contributed by atoms with van der Waals surface area (Å²) >= 11 is 1.41. The van der Waals surface area contributed by atoms with Gasteiger partial charge in [-0.15, -0.1) is 10.2 Å². The molecule has 0 radical (unpaired) electrons. The van der Waals surface area contributed by atoms with E-state index in [0.29, 0.717) is 17.6 Å². The predicted octanol–water partition coefficient (Wildman–Crippen LogP) is 4.17. The molecule has 178 valence electrons. The number of hydrogen-bond donors (Lipinski definition) is 1. The molecule has 1 aromatic heterocycles. The van der Waals surface area contributed by atoms with Crippen molar-refractivity contribution in [3.05, 3.63) is 30.1 Å². The first-order valence-corrected chi connectivity index (χ1v) is 14.3. The molecule has 0 unspecified atom stereocenters. The first-order chi connectivity index (χ1) is 15.9. The predicted molar refractivity (Wildman–Crippen MR) is 128 cm³/mol. The summed E-state index contributed by atoms with van der Waals surface area (Å²) in [7, 11) is -1.86. The number of sulfonamides is 1. The number of nitrogens with one attached hydrogen (secondary N) is 1. The van der Waals surface area contributed by atoms with Crippen LogP contribution in [0.2, 0.25) is 0 Å². The minimum Gasteiger partial charge on any atom is -0.325 e. The molecule has 0 aliphatic heterocycles. The molecule has 2 aromatic rings. The van der Waals surface area contributed by atoms with Crippen LogP contribution in [0, 0.1) is 0 Å². The van der Waals surface area contributed by atoms with Crippen LogP contribution in [0.5, 0.6) is 0 Å². The second-order valence-electron chi connectivity index (χ2n) is 9.39. The van der Waals surface area contributed by atoms with Crippen molar-refractivity contribution < 1.29 is 13.2 Å². The zero-order valence-corrected chi connectivity index (χ0v) is 20.6. The summed E-state index contributed by atoms with van der Waals surface area (Å²) in [5.74, 6) is 1.71. The maximum Gasteiger partial charge on any atom is 0.243 e. The molecule has 8 nitrogen and oxygen atoms in total. The number of hydrogen-bond acceptors (Lipinski definition) is 6. The van der Waals surface area contributed by atoms with E-state index in [0.717, 1.165) is 49.5 Å². The highest BCUT2D eigenvalue weighted by atomic mass is 32.2. The average molecular weight is 490 g/mol. The number of thioether (sulfide) groups is 1. The lowest BCUT2D eigenvalue weighted by Crippen LogP contribution is -2.38. The maximum atomic E-state index is 13.0. The summed E-state index contributed by atoms with van der Waals surface area (Å²) in [6.45, 7) is 0. The lowest BCUT2D eigenvalue weighted by atomic mass is 9.96. The fourth-order valence-electron chi connectivity index (χ4n) is 4.53. The maximum absolute atomic E-state index is 13.0. The van der Waals surface area contributed by atoms with Gasteiger partial charge in [0, 0.05) is 30.7 Å². The minimum absolute atomic E-state index is 0.0678. The normalized spacial score (nSPS) is 19.7. The van der Waals surface area contributed by atoms with Crippen LogP contribution in [0.15, 0.2) is 34.3 Å². The summed E-state index contributed by atoms with van der Waals surface area (Å²) in [4.78, 5) is 12.8. The highest BCUT2D eigenvalue weighted by molar-refractivity contribution is 7.99. The summed E-state index contributed by atoms with van der Waals surface area (Å²) in [5.41, 5.74) is 0.585. The number of nitrogens with zero attached hydrogens (tertiary/aromatic N) is 4. The van der Waals surface area contributed by atoms with Crippen molar-refractivity contribution in [2.75, 3.05) is 18.1 Å². The van der Waals surface area contributed by atoms with E-state index in [-0.39, 0.29) is 22.6 Å². The monoisotopic (exact) mass is 489 g/mol. The topological polar surface area (TPSA) is 97.2 Å². The second kappa shape index (κ2) is 9.38. The zero-order chi connectivity index (χ0) is 23.0. The van der Waals surface area contributed by atoms with Crippen molar-refractivity contribution >= 4 is 33.4 Å². The van der Waals surface area contributed by atoms with Crippen LogP contribution in [-0.4, -0.2) is 52.2 Å². The highest BCUT2D eigenvalue weighted by Gasteiger charge is 2.36. The van der Waals surface area contributed by atoms with E-state index in [2.05, 4.69) is 20.1 Å². The second-order valence-corrected chi connectivity index (χ2v) is 12.3. The molecule has 0 atom stereocenters. The molecule has 33 heavy (non-hydrogen) atoms. The third-order valence-electron chi connectivity index (χ3n) is 6.78. The zero-order valence-electron chi connectivity index (χ0n) is 18.9. The molecule has 3 fully saturated rings. The standard InChI is InChI=1S/C23H31N5O3S2/c1-27(18-5-3-2-4-6-18)33(30,31)20-13-9-17(10-14-20)24-21(29)15-32-23-26-25-22(16-7-8-16)28(23)19-11-12-19/h9-10,13-14,16,18-19H,2-8,11-12,15H2,1H3,(H,24,29). The van der Waals surface area contributed by atoms with Crippen LogP contribution in [0.3, 0.4) is 0 Å². The van der Waals surface area contributed by atoms with Gasteiger partial charge in [-0.25, -0.2) is 8.42 Å². The van der Waals surface area contributed by atoms with Crippen LogP contribution < -0.4 is 5.32 Å². The molecule has 10 heteroatoms. The first kappa shape index (κ1) is 22.9. The lowest BCUT2D eigenvalue weighted by molar-refractivity contribution is -0.113. The van der Waals surface area contributed by atoms with Gasteiger partial charge in [-0.3, -0.25) is 4.79 Å². The first-order valence-electron chi connectivity index (χ1n) is 11.9. The minimum atomic E-state index is -3.54. The Balaban J connectivity index is 1.18. The van der Waals surface area contributed by atoms with E-state index < -0.39 is 10.0 Å². The molecule has 3 saturated carbocycles. The average Bonchev–Trinajstić information content (AvgIpc) is 3.77. The van der Waals surface area contributed by atoms with Gasteiger partial charge in [-0.05, 0) is 62.8 Å². The molecule has 1 aromatic carbocycles. The summed E-state index contributed by atoms with van der Waals surface area (Å²) in [6.07, 6.45) is 9.83. The van der Waals surface area contributed by atoms with Gasteiger partial charge in [0.1, 0.15) is 5.82 Å². The molecule has 3 aliphatic carbocycles. The Hall–Kier alpha value is -1.91. The van der Waals surface area contributed by atoms with E-state index in [1.165, 1.54) is 35.3 Å². The van der Waals surface area contributed by atoms with Gasteiger partial charge in [-0.1, -0.05) is 31.0 Å². The smallest absolute Gasteiger partial charge is 0.243 e. The molecule has 1 N–H and O–H groups in total. The molecular formula is C23H31N5O3S2. The Kier molecular flexibility index (Phi) is 6.50. The SMILES string of the molecule is CN(C1CCCCC1)S(=O)(=O)c1ccc(NC(=O)CSc2nnc(C3CC3)n2C2CC2)cc1. The molecule has 5 rings (SSSR count). The quantitative estimate of drug-likeness (QED) is 0.531. The third-order valence-corrected chi connectivity index (χ3v) is 9.65. The van der Waals surface area contributed by atoms with Crippen molar-refractivity contribution in [1.82, 2.24) is 19.1 Å². The van der Waals surface area contributed by atoms with Crippen molar-refractivity contribution in [3.8, 4) is 0 Å². The van der Waals surface area contributed by atoms with Gasteiger partial charge in [0.15, 0.2) is 5.16 Å². The molecule has 0 bridgehead atoms. The summed E-state index contributed by atoms with van der Waals surface area (Å²) in [5, 5.41) is 12.4. The summed E-state index contributed by atoms with van der Waals surface area (Å²) < 4.78 is 29.7. The Bertz CT molecular complexity index is 1100. The molecule has 0 saturated heterocycles. The number of carbonyl (C=O) groups is 1. The van der Waals surface area contributed by atoms with Gasteiger partial charge in [-0.2, -0.15) is 4.31 Å². The number of anilines is 1. The van der Waals surface area contributed by atoms with Crippen LogP contribution in [-0.2, 0) is 14.8 Å². The Morgan fingerprint density at radius 3 is 2.39 bits per heavy atom. The van der Waals surface area contributed by atoms with Crippen molar-refractivity contribution in [2.45, 2.75) is 85.8 Å². The van der Waals surface area contributed by atoms with Gasteiger partial charge < -0.3 is 9.88 Å². The van der Waals surface area contributed by atoms with Crippen LogP contribution >= 0.6 is 11.8 Å². The molecule has 3 aliphatic rings. The lowest BCUT2D eigenvalue weighted by Gasteiger charge is -2.30. The molecule has 0 spiro atoms. The van der Waals surface area contributed by atoms with Crippen LogP contribution in [0.25, 0.3) is 0 Å². The fourth-order valence-corrected chi connectivity index (χ4v) is 6.76. The number of amides is 1. The van der Waals surface area contributed by atoms with Crippen molar-refractivity contribution in [2.24, 2.45) is 0 Å². The fraction of sp³-hybridized carbons (Fsp3) is 0.609. The van der Waals surface area contributed by atoms with E-state index in [4.69, 9.17) is 0 Å². The van der Waals surface area contributed by atoms with Gasteiger partial charge >= 0.3 is 0 Å². The Morgan fingerprint density at radius 2 is 1.76 bits per heavy atom. The van der Waals surface area contributed by atoms with Crippen LogP contribution in [0.1, 0.15) is 75.6 Å². The highest BCUT2D eigenvalue weighted by Crippen LogP contribution is 2.46. The number of rotatable bonds is 9. The Morgan fingerprint density at radius 1 is 1.06 bits per heavy atom. The number of benzene rings is 1. The van der Waals surface area contributed by atoms with Crippen molar-refractivity contribution in [3.63, 3.8) is 0 Å². The Labute approximate surface area is 199 Å². The number of aromatic nitrogens is 3.